The fraction of sp³-hybridized carbons (Fsp3) is 0.538. The Morgan fingerprint density at radius 1 is 1.17 bits per heavy atom. The average Bonchev–Trinajstić information content (AvgIpc) is 2.81. The number of amides is 3. The second-order valence-corrected chi connectivity index (χ2v) is 9.26. The summed E-state index contributed by atoms with van der Waals surface area (Å²) in [7, 11) is 0. The predicted molar refractivity (Wildman–Crippen MR) is 140 cm³/mol. The first-order valence-corrected chi connectivity index (χ1v) is 12.5. The van der Waals surface area contributed by atoms with Crippen LogP contribution in [0.4, 0.5) is 4.79 Å². The fourth-order valence-electron chi connectivity index (χ4n) is 3.38. The third-order valence-corrected chi connectivity index (χ3v) is 5.19. The van der Waals surface area contributed by atoms with Gasteiger partial charge in [0.1, 0.15) is 17.7 Å². The standard InChI is InChI=1S/C26H37N3O6S/c1-7-16-29(24(32)20(17-36)28-25(33)35-26(4,5)6)22(19-13-11-10-12-18(19)8-2)23(31)27-15-14-21(30)34-9-3/h2,10-13,20,22,36H,7,9,14-17H2,1,3-6H3,(H,27,31)(H,28,33). The van der Waals surface area contributed by atoms with E-state index in [4.69, 9.17) is 15.9 Å². The molecule has 0 heterocycles. The van der Waals surface area contributed by atoms with Crippen LogP contribution in [0.1, 0.15) is 64.6 Å². The van der Waals surface area contributed by atoms with Gasteiger partial charge in [0, 0.05) is 24.4 Å². The summed E-state index contributed by atoms with van der Waals surface area (Å²) in [4.78, 5) is 52.5. The minimum absolute atomic E-state index is 0.0205. The van der Waals surface area contributed by atoms with Gasteiger partial charge in [0.25, 0.3) is 0 Å². The molecule has 0 spiro atoms. The number of thiol groups is 1. The molecule has 10 heteroatoms. The van der Waals surface area contributed by atoms with Crippen molar-refractivity contribution in [2.45, 2.75) is 65.1 Å². The van der Waals surface area contributed by atoms with E-state index in [0.29, 0.717) is 17.5 Å². The predicted octanol–water partition coefficient (Wildman–Crippen LogP) is 2.84. The lowest BCUT2D eigenvalue weighted by atomic mass is 9.97. The van der Waals surface area contributed by atoms with Gasteiger partial charge in [-0.05, 0) is 45.7 Å². The monoisotopic (exact) mass is 519 g/mol. The number of benzene rings is 1. The Kier molecular flexibility index (Phi) is 12.9. The third kappa shape index (κ3) is 9.82. The van der Waals surface area contributed by atoms with E-state index in [0.717, 1.165) is 0 Å². The van der Waals surface area contributed by atoms with E-state index < -0.39 is 41.6 Å². The Hall–Kier alpha value is -3.19. The molecule has 0 aromatic heterocycles. The zero-order valence-corrected chi connectivity index (χ0v) is 22.5. The van der Waals surface area contributed by atoms with Crippen molar-refractivity contribution in [1.29, 1.82) is 0 Å². The molecule has 2 N–H and O–H groups in total. The highest BCUT2D eigenvalue weighted by atomic mass is 32.1. The fourth-order valence-corrected chi connectivity index (χ4v) is 3.63. The molecular weight excluding hydrogens is 482 g/mol. The van der Waals surface area contributed by atoms with E-state index in [1.54, 1.807) is 52.0 Å². The Morgan fingerprint density at radius 3 is 2.39 bits per heavy atom. The number of terminal acetylenes is 1. The zero-order chi connectivity index (χ0) is 27.3. The average molecular weight is 520 g/mol. The molecule has 1 aromatic rings. The number of carbonyl (C=O) groups excluding carboxylic acids is 4. The highest BCUT2D eigenvalue weighted by molar-refractivity contribution is 7.80. The van der Waals surface area contributed by atoms with Crippen molar-refractivity contribution in [3.63, 3.8) is 0 Å². The van der Waals surface area contributed by atoms with Crippen LogP contribution in [0.15, 0.2) is 24.3 Å². The number of hydrogen-bond acceptors (Lipinski definition) is 7. The number of alkyl carbamates (subject to hydrolysis) is 1. The van der Waals surface area contributed by atoms with Gasteiger partial charge in [-0.3, -0.25) is 14.4 Å². The number of nitrogens with one attached hydrogen (secondary N) is 2. The molecule has 0 saturated carbocycles. The van der Waals surface area contributed by atoms with Crippen LogP contribution in [0.5, 0.6) is 0 Å². The Labute approximate surface area is 219 Å². The summed E-state index contributed by atoms with van der Waals surface area (Å²) in [5.74, 6) is 1.06. The van der Waals surface area contributed by atoms with Crippen LogP contribution in [-0.2, 0) is 23.9 Å². The number of ether oxygens (including phenoxy) is 2. The first kappa shape index (κ1) is 30.8. The van der Waals surface area contributed by atoms with Crippen LogP contribution in [0.25, 0.3) is 0 Å². The number of hydrogen-bond donors (Lipinski definition) is 3. The van der Waals surface area contributed by atoms with Crippen molar-refractivity contribution in [2.24, 2.45) is 0 Å². The lowest BCUT2D eigenvalue weighted by molar-refractivity contribution is -0.144. The van der Waals surface area contributed by atoms with Crippen molar-refractivity contribution in [3.05, 3.63) is 35.4 Å². The molecule has 1 rings (SSSR count). The lowest BCUT2D eigenvalue weighted by Crippen LogP contribution is -2.54. The summed E-state index contributed by atoms with van der Waals surface area (Å²) in [5, 5.41) is 5.26. The van der Waals surface area contributed by atoms with Crippen LogP contribution in [0.2, 0.25) is 0 Å². The summed E-state index contributed by atoms with van der Waals surface area (Å²) in [6.07, 6.45) is 5.42. The highest BCUT2D eigenvalue weighted by Gasteiger charge is 2.36. The molecule has 0 fully saturated rings. The van der Waals surface area contributed by atoms with Gasteiger partial charge < -0.3 is 25.0 Å². The molecule has 2 unspecified atom stereocenters. The Morgan fingerprint density at radius 2 is 1.83 bits per heavy atom. The van der Waals surface area contributed by atoms with Crippen molar-refractivity contribution in [2.75, 3.05) is 25.4 Å². The maximum absolute atomic E-state index is 13.7. The van der Waals surface area contributed by atoms with E-state index in [2.05, 4.69) is 29.2 Å². The van der Waals surface area contributed by atoms with Crippen molar-refractivity contribution in [1.82, 2.24) is 15.5 Å². The number of rotatable bonds is 12. The second kappa shape index (κ2) is 15.0. The van der Waals surface area contributed by atoms with E-state index in [9.17, 15) is 19.2 Å². The van der Waals surface area contributed by atoms with Crippen LogP contribution in [0, 0.1) is 12.3 Å². The zero-order valence-electron chi connectivity index (χ0n) is 21.6. The molecule has 0 aliphatic heterocycles. The number of carbonyl (C=O) groups is 4. The largest absolute Gasteiger partial charge is 0.466 e. The van der Waals surface area contributed by atoms with Crippen LogP contribution < -0.4 is 10.6 Å². The molecule has 9 nitrogen and oxygen atoms in total. The van der Waals surface area contributed by atoms with Crippen molar-refractivity contribution >= 4 is 36.5 Å². The summed E-state index contributed by atoms with van der Waals surface area (Å²) in [6, 6.07) is 4.66. The van der Waals surface area contributed by atoms with Gasteiger partial charge in [-0.15, -0.1) is 6.42 Å². The molecule has 1 aromatic carbocycles. The van der Waals surface area contributed by atoms with E-state index >= 15 is 0 Å². The van der Waals surface area contributed by atoms with Crippen LogP contribution in [-0.4, -0.2) is 65.9 Å². The van der Waals surface area contributed by atoms with Crippen LogP contribution >= 0.6 is 12.6 Å². The molecular formula is C26H37N3O6S. The maximum atomic E-state index is 13.7. The lowest BCUT2D eigenvalue weighted by Gasteiger charge is -2.34. The number of nitrogens with zero attached hydrogens (tertiary/aromatic N) is 1. The highest BCUT2D eigenvalue weighted by Crippen LogP contribution is 2.26. The molecule has 198 valence electrons. The van der Waals surface area contributed by atoms with Crippen molar-refractivity contribution < 1.29 is 28.7 Å². The van der Waals surface area contributed by atoms with E-state index in [1.165, 1.54) is 4.90 Å². The topological polar surface area (TPSA) is 114 Å². The molecule has 3 amide bonds. The third-order valence-electron chi connectivity index (χ3n) is 4.82. The molecule has 36 heavy (non-hydrogen) atoms. The summed E-state index contributed by atoms with van der Waals surface area (Å²) >= 11 is 4.25. The Balaban J connectivity index is 3.33. The van der Waals surface area contributed by atoms with Gasteiger partial charge in [-0.25, -0.2) is 4.79 Å². The van der Waals surface area contributed by atoms with Gasteiger partial charge in [0.05, 0.1) is 13.0 Å². The minimum atomic E-state index is -1.10. The SMILES string of the molecule is C#Cc1ccccc1C(C(=O)NCCC(=O)OCC)N(CCC)C(=O)C(CS)NC(=O)OC(C)(C)C. The molecule has 0 aliphatic rings. The molecule has 0 radical (unpaired) electrons. The molecule has 0 aliphatic carbocycles. The quantitative estimate of drug-likeness (QED) is 0.222. The van der Waals surface area contributed by atoms with Gasteiger partial charge in [-0.2, -0.15) is 12.6 Å². The van der Waals surface area contributed by atoms with E-state index in [-0.39, 0.29) is 31.9 Å². The number of esters is 1. The van der Waals surface area contributed by atoms with Gasteiger partial charge in [0.15, 0.2) is 0 Å². The molecule has 2 atom stereocenters. The van der Waals surface area contributed by atoms with Gasteiger partial charge in [-0.1, -0.05) is 31.0 Å². The normalized spacial score (nSPS) is 12.5. The first-order valence-electron chi connectivity index (χ1n) is 11.9. The van der Waals surface area contributed by atoms with Crippen LogP contribution in [0.3, 0.4) is 0 Å². The summed E-state index contributed by atoms with van der Waals surface area (Å²) in [5.41, 5.74) is 0.134. The first-order chi connectivity index (χ1) is 17.0. The van der Waals surface area contributed by atoms with Gasteiger partial charge in [0.2, 0.25) is 11.8 Å². The Bertz CT molecular complexity index is 954. The smallest absolute Gasteiger partial charge is 0.408 e. The second-order valence-electron chi connectivity index (χ2n) is 8.89. The maximum Gasteiger partial charge on any atom is 0.408 e. The van der Waals surface area contributed by atoms with E-state index in [1.807, 2.05) is 6.92 Å². The van der Waals surface area contributed by atoms with Crippen molar-refractivity contribution in [3.8, 4) is 12.3 Å². The summed E-state index contributed by atoms with van der Waals surface area (Å²) < 4.78 is 10.2. The summed E-state index contributed by atoms with van der Waals surface area (Å²) in [6.45, 7) is 9.14. The minimum Gasteiger partial charge on any atom is -0.466 e. The molecule has 0 saturated heterocycles. The van der Waals surface area contributed by atoms with Gasteiger partial charge >= 0.3 is 12.1 Å². The molecule has 0 bridgehead atoms.